The molecule has 0 amide bonds. The summed E-state index contributed by atoms with van der Waals surface area (Å²) in [6.07, 6.45) is 1.40. The molecular formula is C11H22N2S. The van der Waals surface area contributed by atoms with Crippen LogP contribution in [-0.2, 0) is 0 Å². The van der Waals surface area contributed by atoms with Crippen molar-refractivity contribution >= 4 is 11.8 Å². The van der Waals surface area contributed by atoms with Gasteiger partial charge in [-0.25, -0.2) is 0 Å². The van der Waals surface area contributed by atoms with E-state index in [0.29, 0.717) is 4.75 Å². The zero-order chi connectivity index (χ0) is 10.2. The molecule has 2 heterocycles. The predicted octanol–water partition coefficient (Wildman–Crippen LogP) is 1.42. The summed E-state index contributed by atoms with van der Waals surface area (Å²) in [6.45, 7) is 8.38. The Morgan fingerprint density at radius 3 is 2.79 bits per heavy atom. The molecule has 0 aliphatic carbocycles. The summed E-state index contributed by atoms with van der Waals surface area (Å²) in [4.78, 5) is 2.55. The van der Waals surface area contributed by atoms with Gasteiger partial charge in [0, 0.05) is 30.4 Å². The van der Waals surface area contributed by atoms with Crippen LogP contribution in [-0.4, -0.2) is 48.1 Å². The lowest BCUT2D eigenvalue weighted by molar-refractivity contribution is 0.127. The molecule has 0 bridgehead atoms. The molecular weight excluding hydrogens is 192 g/mol. The highest BCUT2D eigenvalue weighted by molar-refractivity contribution is 8.00. The molecule has 14 heavy (non-hydrogen) atoms. The van der Waals surface area contributed by atoms with Crippen molar-refractivity contribution in [2.75, 3.05) is 32.4 Å². The van der Waals surface area contributed by atoms with Gasteiger partial charge < -0.3 is 10.2 Å². The predicted molar refractivity (Wildman–Crippen MR) is 63.9 cm³/mol. The van der Waals surface area contributed by atoms with E-state index < -0.39 is 0 Å². The molecule has 2 rings (SSSR count). The van der Waals surface area contributed by atoms with Crippen molar-refractivity contribution in [1.82, 2.24) is 10.2 Å². The minimum absolute atomic E-state index is 0.484. The maximum atomic E-state index is 3.53. The van der Waals surface area contributed by atoms with Crippen LogP contribution in [0.5, 0.6) is 0 Å². The van der Waals surface area contributed by atoms with E-state index in [1.807, 2.05) is 0 Å². The van der Waals surface area contributed by atoms with E-state index in [9.17, 15) is 0 Å². The van der Waals surface area contributed by atoms with E-state index >= 15 is 0 Å². The third-order valence-corrected chi connectivity index (χ3v) is 5.31. The molecule has 0 radical (unpaired) electrons. The summed E-state index contributed by atoms with van der Waals surface area (Å²) in [7, 11) is 2.28. The molecule has 0 saturated carbocycles. The van der Waals surface area contributed by atoms with Crippen LogP contribution < -0.4 is 5.32 Å². The molecule has 2 nitrogen and oxygen atoms in total. The minimum atomic E-state index is 0.484. The number of hydrogen-bond donors (Lipinski definition) is 1. The van der Waals surface area contributed by atoms with E-state index in [0.717, 1.165) is 18.5 Å². The van der Waals surface area contributed by atoms with Crippen LogP contribution in [0.15, 0.2) is 0 Å². The van der Waals surface area contributed by atoms with E-state index in [2.05, 4.69) is 42.9 Å². The van der Waals surface area contributed by atoms with Crippen molar-refractivity contribution in [3.63, 3.8) is 0 Å². The highest BCUT2D eigenvalue weighted by Gasteiger charge is 2.42. The smallest absolute Gasteiger partial charge is 0.0259 e. The maximum absolute atomic E-state index is 3.53. The number of rotatable bonds is 1. The molecule has 2 unspecified atom stereocenters. The van der Waals surface area contributed by atoms with Gasteiger partial charge in [0.2, 0.25) is 0 Å². The monoisotopic (exact) mass is 214 g/mol. The van der Waals surface area contributed by atoms with Gasteiger partial charge in [0.15, 0.2) is 0 Å². The fraction of sp³-hybridized carbons (Fsp3) is 1.00. The fourth-order valence-electron chi connectivity index (χ4n) is 2.84. The lowest BCUT2D eigenvalue weighted by Gasteiger charge is -2.41. The summed E-state index contributed by atoms with van der Waals surface area (Å²) in [5.41, 5.74) is 0. The average molecular weight is 214 g/mol. The van der Waals surface area contributed by atoms with E-state index in [4.69, 9.17) is 0 Å². The molecule has 2 atom stereocenters. The molecule has 1 N–H and O–H groups in total. The van der Waals surface area contributed by atoms with Gasteiger partial charge in [0.05, 0.1) is 0 Å². The van der Waals surface area contributed by atoms with Crippen molar-refractivity contribution in [1.29, 1.82) is 0 Å². The molecule has 2 saturated heterocycles. The zero-order valence-electron chi connectivity index (χ0n) is 9.55. The Kier molecular flexibility index (Phi) is 3.10. The number of likely N-dealkylation sites (N-methyl/N-ethyl adjacent to an activating group) is 1. The van der Waals surface area contributed by atoms with Gasteiger partial charge >= 0.3 is 0 Å². The van der Waals surface area contributed by atoms with E-state index in [1.165, 1.54) is 25.3 Å². The van der Waals surface area contributed by atoms with Gasteiger partial charge in [0.25, 0.3) is 0 Å². The molecule has 0 aromatic carbocycles. The topological polar surface area (TPSA) is 15.3 Å². The van der Waals surface area contributed by atoms with Crippen LogP contribution in [0.4, 0.5) is 0 Å². The lowest BCUT2D eigenvalue weighted by atomic mass is 9.84. The first kappa shape index (κ1) is 10.8. The van der Waals surface area contributed by atoms with Crippen molar-refractivity contribution < 1.29 is 0 Å². The van der Waals surface area contributed by atoms with Crippen molar-refractivity contribution in [3.8, 4) is 0 Å². The number of hydrogen-bond acceptors (Lipinski definition) is 3. The molecule has 2 aliphatic heterocycles. The van der Waals surface area contributed by atoms with Gasteiger partial charge in [-0.1, -0.05) is 13.8 Å². The Morgan fingerprint density at radius 1 is 1.43 bits per heavy atom. The summed E-state index contributed by atoms with van der Waals surface area (Å²) >= 11 is 2.15. The van der Waals surface area contributed by atoms with Gasteiger partial charge in [-0.2, -0.15) is 11.8 Å². The van der Waals surface area contributed by atoms with Gasteiger partial charge in [0.1, 0.15) is 0 Å². The number of nitrogens with one attached hydrogen (secondary N) is 1. The van der Waals surface area contributed by atoms with Gasteiger partial charge in [-0.15, -0.1) is 0 Å². The lowest BCUT2D eigenvalue weighted by Crippen LogP contribution is -2.55. The van der Waals surface area contributed by atoms with Crippen LogP contribution in [0, 0.1) is 5.92 Å². The molecule has 0 spiro atoms. The van der Waals surface area contributed by atoms with E-state index in [1.54, 1.807) is 0 Å². The molecule has 0 aromatic heterocycles. The Bertz CT molecular complexity index is 205. The summed E-state index contributed by atoms with van der Waals surface area (Å²) < 4.78 is 0.484. The SMILES string of the molecule is CN1CCNCC1C1CCSC1(C)C. The van der Waals surface area contributed by atoms with Gasteiger partial charge in [-0.3, -0.25) is 0 Å². The highest BCUT2D eigenvalue weighted by Crippen LogP contribution is 2.45. The third kappa shape index (κ3) is 1.95. The summed E-state index contributed by atoms with van der Waals surface area (Å²) in [5, 5.41) is 3.53. The maximum Gasteiger partial charge on any atom is 0.0259 e. The fourth-order valence-corrected chi connectivity index (χ4v) is 4.22. The quantitative estimate of drug-likeness (QED) is 0.711. The molecule has 3 heteroatoms. The zero-order valence-corrected chi connectivity index (χ0v) is 10.4. The first-order valence-electron chi connectivity index (χ1n) is 5.66. The Hall–Kier alpha value is 0.270. The Balaban J connectivity index is 2.05. The normalized spacial score (nSPS) is 38.8. The highest BCUT2D eigenvalue weighted by atomic mass is 32.2. The van der Waals surface area contributed by atoms with Crippen LogP contribution in [0.1, 0.15) is 20.3 Å². The van der Waals surface area contributed by atoms with Gasteiger partial charge in [-0.05, 0) is 25.1 Å². The number of piperazine rings is 1. The van der Waals surface area contributed by atoms with Crippen LogP contribution >= 0.6 is 11.8 Å². The second-order valence-electron chi connectivity index (χ2n) is 5.10. The van der Waals surface area contributed by atoms with E-state index in [-0.39, 0.29) is 0 Å². The van der Waals surface area contributed by atoms with Crippen molar-refractivity contribution in [2.24, 2.45) is 5.92 Å². The summed E-state index contributed by atoms with van der Waals surface area (Å²) in [6, 6.07) is 0.758. The van der Waals surface area contributed by atoms with Crippen LogP contribution in [0.2, 0.25) is 0 Å². The Morgan fingerprint density at radius 2 is 2.21 bits per heavy atom. The average Bonchev–Trinajstić information content (AvgIpc) is 2.46. The second kappa shape index (κ2) is 4.03. The summed E-state index contributed by atoms with van der Waals surface area (Å²) in [5.74, 6) is 2.22. The molecule has 2 fully saturated rings. The number of thioether (sulfide) groups is 1. The Labute approximate surface area is 91.8 Å². The first-order valence-corrected chi connectivity index (χ1v) is 6.65. The largest absolute Gasteiger partial charge is 0.314 e. The molecule has 2 aliphatic rings. The first-order chi connectivity index (χ1) is 6.61. The van der Waals surface area contributed by atoms with Crippen LogP contribution in [0.3, 0.4) is 0 Å². The number of nitrogens with zero attached hydrogens (tertiary/aromatic N) is 1. The van der Waals surface area contributed by atoms with Crippen molar-refractivity contribution in [3.05, 3.63) is 0 Å². The third-order valence-electron chi connectivity index (χ3n) is 3.82. The minimum Gasteiger partial charge on any atom is -0.314 e. The van der Waals surface area contributed by atoms with Crippen molar-refractivity contribution in [2.45, 2.75) is 31.1 Å². The molecule has 0 aromatic rings. The molecule has 82 valence electrons. The van der Waals surface area contributed by atoms with Crippen LogP contribution in [0.25, 0.3) is 0 Å². The second-order valence-corrected chi connectivity index (χ2v) is 6.85. The standard InChI is InChI=1S/C11H22N2S/c1-11(2)9(4-7-14-11)10-8-12-5-6-13(10)3/h9-10,12H,4-8H2,1-3H3.